The minimum Gasteiger partial charge on any atom is -0.506 e. The van der Waals surface area contributed by atoms with Crippen LogP contribution in [0.4, 0.5) is 0 Å². The van der Waals surface area contributed by atoms with Gasteiger partial charge in [0.2, 0.25) is 0 Å². The Balaban J connectivity index is 3.60. The van der Waals surface area contributed by atoms with Crippen molar-refractivity contribution >= 4 is 12.3 Å². The second kappa shape index (κ2) is 4.00. The summed E-state index contributed by atoms with van der Waals surface area (Å²) in [4.78, 5) is 21.5. The number of aldehydes is 1. The molecule has 1 aromatic rings. The third-order valence-electron chi connectivity index (χ3n) is 2.06. The lowest BCUT2D eigenvalue weighted by Crippen LogP contribution is -2.04. The zero-order valence-electron chi connectivity index (χ0n) is 8.27. The van der Waals surface area contributed by atoms with Gasteiger partial charge in [-0.2, -0.15) is 0 Å². The molecule has 1 rings (SSSR count). The number of benzene rings is 1. The van der Waals surface area contributed by atoms with Crippen LogP contribution >= 0.6 is 0 Å². The molecule has 0 atom stereocenters. The van der Waals surface area contributed by atoms with Crippen molar-refractivity contribution in [2.24, 2.45) is 0 Å². The number of ether oxygens (including phenoxy) is 1. The van der Waals surface area contributed by atoms with Crippen LogP contribution in [0.5, 0.6) is 11.5 Å². The highest BCUT2D eigenvalue weighted by atomic mass is 16.5. The summed E-state index contributed by atoms with van der Waals surface area (Å²) in [6, 6.07) is 1.40. The van der Waals surface area contributed by atoms with Crippen LogP contribution in [0.25, 0.3) is 0 Å². The van der Waals surface area contributed by atoms with E-state index in [2.05, 4.69) is 0 Å². The van der Waals surface area contributed by atoms with E-state index in [1.807, 2.05) is 0 Å². The van der Waals surface area contributed by atoms with Crippen LogP contribution in [-0.2, 0) is 0 Å². The second-order valence-corrected chi connectivity index (χ2v) is 2.96. The fraction of sp³-hybridized carbons (Fsp3) is 0.200. The number of phenols is 1. The van der Waals surface area contributed by atoms with Gasteiger partial charge in [-0.1, -0.05) is 0 Å². The molecule has 0 amide bonds. The first-order chi connectivity index (χ1) is 7.02. The zero-order chi connectivity index (χ0) is 11.6. The van der Waals surface area contributed by atoms with Crippen molar-refractivity contribution in [2.45, 2.75) is 6.92 Å². The normalized spacial score (nSPS) is 9.73. The Morgan fingerprint density at radius 3 is 2.53 bits per heavy atom. The SMILES string of the molecule is COc1cc(C)c(C=O)c(O)c1C(=O)O. The minimum absolute atomic E-state index is 0.0306. The van der Waals surface area contributed by atoms with E-state index < -0.39 is 17.3 Å². The largest absolute Gasteiger partial charge is 0.506 e. The summed E-state index contributed by atoms with van der Waals surface area (Å²) in [6.45, 7) is 1.58. The first-order valence-electron chi connectivity index (χ1n) is 4.12. The van der Waals surface area contributed by atoms with Gasteiger partial charge < -0.3 is 14.9 Å². The van der Waals surface area contributed by atoms with Crippen LogP contribution in [-0.4, -0.2) is 29.6 Å². The fourth-order valence-corrected chi connectivity index (χ4v) is 1.30. The summed E-state index contributed by atoms with van der Waals surface area (Å²) in [5.74, 6) is -1.87. The molecule has 1 aromatic carbocycles. The molecule has 5 heteroatoms. The van der Waals surface area contributed by atoms with Crippen LogP contribution < -0.4 is 4.74 Å². The molecule has 0 heterocycles. The number of hydrogen-bond donors (Lipinski definition) is 2. The molecule has 0 spiro atoms. The first-order valence-corrected chi connectivity index (χ1v) is 4.12. The Bertz CT molecular complexity index is 422. The van der Waals surface area contributed by atoms with E-state index in [1.165, 1.54) is 13.2 Å². The highest BCUT2D eigenvalue weighted by molar-refractivity contribution is 5.98. The van der Waals surface area contributed by atoms with Crippen molar-refractivity contribution in [3.05, 3.63) is 22.8 Å². The van der Waals surface area contributed by atoms with Gasteiger partial charge in [0.25, 0.3) is 0 Å². The van der Waals surface area contributed by atoms with Crippen molar-refractivity contribution in [3.8, 4) is 11.5 Å². The number of aromatic hydroxyl groups is 1. The summed E-state index contributed by atoms with van der Waals surface area (Å²) >= 11 is 0. The van der Waals surface area contributed by atoms with E-state index >= 15 is 0 Å². The van der Waals surface area contributed by atoms with Crippen molar-refractivity contribution in [2.75, 3.05) is 7.11 Å². The van der Waals surface area contributed by atoms with Gasteiger partial charge in [0, 0.05) is 0 Å². The number of hydrogen-bond acceptors (Lipinski definition) is 4. The maximum Gasteiger partial charge on any atom is 0.343 e. The fourth-order valence-electron chi connectivity index (χ4n) is 1.30. The number of rotatable bonds is 3. The molecule has 0 saturated carbocycles. The van der Waals surface area contributed by atoms with Crippen LogP contribution in [0.3, 0.4) is 0 Å². The smallest absolute Gasteiger partial charge is 0.343 e. The minimum atomic E-state index is -1.34. The summed E-state index contributed by atoms with van der Waals surface area (Å²) in [7, 11) is 1.29. The Morgan fingerprint density at radius 1 is 1.53 bits per heavy atom. The van der Waals surface area contributed by atoms with Crippen LogP contribution in [0.2, 0.25) is 0 Å². The zero-order valence-corrected chi connectivity index (χ0v) is 8.27. The second-order valence-electron chi connectivity index (χ2n) is 2.96. The summed E-state index contributed by atoms with van der Waals surface area (Å²) in [5.41, 5.74) is 0.0303. The molecular formula is C10H10O5. The average molecular weight is 210 g/mol. The Kier molecular flexibility index (Phi) is 2.94. The molecule has 5 nitrogen and oxygen atoms in total. The molecule has 0 aliphatic rings. The van der Waals surface area contributed by atoms with E-state index in [4.69, 9.17) is 9.84 Å². The third kappa shape index (κ3) is 1.76. The van der Waals surface area contributed by atoms with Crippen molar-refractivity contribution in [1.82, 2.24) is 0 Å². The molecule has 0 unspecified atom stereocenters. The molecule has 2 N–H and O–H groups in total. The maximum atomic E-state index is 10.8. The summed E-state index contributed by atoms with van der Waals surface area (Å²) in [5, 5.41) is 18.4. The lowest BCUT2D eigenvalue weighted by atomic mass is 10.0. The first kappa shape index (κ1) is 11.0. The summed E-state index contributed by atoms with van der Waals surface area (Å²) in [6.07, 6.45) is 0.413. The Morgan fingerprint density at radius 2 is 2.13 bits per heavy atom. The molecule has 0 radical (unpaired) electrons. The predicted molar refractivity (Wildman–Crippen MR) is 51.7 cm³/mol. The quantitative estimate of drug-likeness (QED) is 0.733. The number of carbonyl (C=O) groups excluding carboxylic acids is 1. The van der Waals surface area contributed by atoms with E-state index in [0.29, 0.717) is 11.8 Å². The summed E-state index contributed by atoms with van der Waals surface area (Å²) < 4.78 is 4.81. The molecule has 0 fully saturated rings. The van der Waals surface area contributed by atoms with E-state index in [-0.39, 0.29) is 11.3 Å². The van der Waals surface area contributed by atoms with Crippen LogP contribution in [0.1, 0.15) is 26.3 Å². The standard InChI is InChI=1S/C10H10O5/c1-5-3-7(15-2)8(10(13)14)9(12)6(5)4-11/h3-4,12H,1-2H3,(H,13,14). The molecule has 80 valence electrons. The van der Waals surface area contributed by atoms with Gasteiger partial charge in [-0.05, 0) is 18.6 Å². The number of carboxylic acid groups (broad SMARTS) is 1. The monoisotopic (exact) mass is 210 g/mol. The Labute approximate surface area is 85.9 Å². The molecule has 0 bridgehead atoms. The van der Waals surface area contributed by atoms with E-state index in [9.17, 15) is 14.7 Å². The number of methoxy groups -OCH3 is 1. The number of aryl methyl sites for hydroxylation is 1. The Hall–Kier alpha value is -2.04. The molecule has 15 heavy (non-hydrogen) atoms. The van der Waals surface area contributed by atoms with Gasteiger partial charge in [0.05, 0.1) is 12.7 Å². The van der Waals surface area contributed by atoms with Gasteiger partial charge >= 0.3 is 5.97 Å². The average Bonchev–Trinajstić information content (AvgIpc) is 2.16. The molecule has 0 aromatic heterocycles. The van der Waals surface area contributed by atoms with Gasteiger partial charge in [0.1, 0.15) is 17.1 Å². The van der Waals surface area contributed by atoms with Crippen LogP contribution in [0.15, 0.2) is 6.07 Å². The highest BCUT2D eigenvalue weighted by Crippen LogP contribution is 2.32. The van der Waals surface area contributed by atoms with E-state index in [0.717, 1.165) is 0 Å². The number of carbonyl (C=O) groups is 2. The lowest BCUT2D eigenvalue weighted by Gasteiger charge is -2.10. The van der Waals surface area contributed by atoms with E-state index in [1.54, 1.807) is 6.92 Å². The number of aromatic carboxylic acids is 1. The molecule has 0 saturated heterocycles. The molecule has 0 aliphatic heterocycles. The van der Waals surface area contributed by atoms with Crippen molar-refractivity contribution in [1.29, 1.82) is 0 Å². The molecular weight excluding hydrogens is 200 g/mol. The van der Waals surface area contributed by atoms with Crippen molar-refractivity contribution in [3.63, 3.8) is 0 Å². The molecule has 0 aliphatic carbocycles. The predicted octanol–water partition coefficient (Wildman–Crippen LogP) is 1.22. The maximum absolute atomic E-state index is 10.8. The third-order valence-corrected chi connectivity index (χ3v) is 2.06. The lowest BCUT2D eigenvalue weighted by molar-refractivity contribution is 0.0690. The number of carboxylic acids is 1. The topological polar surface area (TPSA) is 83.8 Å². The van der Waals surface area contributed by atoms with Gasteiger partial charge in [-0.25, -0.2) is 4.79 Å². The van der Waals surface area contributed by atoms with Crippen molar-refractivity contribution < 1.29 is 24.5 Å². The van der Waals surface area contributed by atoms with Gasteiger partial charge in [-0.3, -0.25) is 4.79 Å². The van der Waals surface area contributed by atoms with Gasteiger partial charge in [0.15, 0.2) is 6.29 Å². The van der Waals surface area contributed by atoms with Crippen LogP contribution in [0, 0.1) is 6.92 Å². The highest BCUT2D eigenvalue weighted by Gasteiger charge is 2.21. The van der Waals surface area contributed by atoms with Gasteiger partial charge in [-0.15, -0.1) is 0 Å².